The SMILES string of the molecule is CC(=O)Nc1nnc(/C=C/c2cccc(N)c2)s1. The molecule has 0 radical (unpaired) electrons. The molecule has 0 bridgehead atoms. The monoisotopic (exact) mass is 260 g/mol. The van der Waals surface area contributed by atoms with Gasteiger partial charge in [-0.05, 0) is 23.8 Å². The Balaban J connectivity index is 2.09. The third kappa shape index (κ3) is 3.39. The van der Waals surface area contributed by atoms with Gasteiger partial charge < -0.3 is 11.1 Å². The lowest BCUT2D eigenvalue weighted by atomic mass is 10.2. The predicted molar refractivity (Wildman–Crippen MR) is 74.0 cm³/mol. The zero-order valence-electron chi connectivity index (χ0n) is 9.75. The van der Waals surface area contributed by atoms with Gasteiger partial charge in [-0.2, -0.15) is 0 Å². The maximum atomic E-state index is 10.8. The van der Waals surface area contributed by atoms with Crippen LogP contribution in [0, 0.1) is 0 Å². The number of benzene rings is 1. The Morgan fingerprint density at radius 1 is 1.39 bits per heavy atom. The van der Waals surface area contributed by atoms with Crippen molar-refractivity contribution in [3.63, 3.8) is 0 Å². The Labute approximate surface area is 108 Å². The topological polar surface area (TPSA) is 80.9 Å². The van der Waals surface area contributed by atoms with Crippen LogP contribution in [0.3, 0.4) is 0 Å². The molecule has 2 aromatic rings. The zero-order valence-corrected chi connectivity index (χ0v) is 10.6. The summed E-state index contributed by atoms with van der Waals surface area (Å²) in [6.07, 6.45) is 3.73. The Morgan fingerprint density at radius 2 is 2.22 bits per heavy atom. The zero-order chi connectivity index (χ0) is 13.0. The molecular formula is C12H12N4OS. The summed E-state index contributed by atoms with van der Waals surface area (Å²) in [4.78, 5) is 10.8. The van der Waals surface area contributed by atoms with Crippen molar-refractivity contribution < 1.29 is 4.79 Å². The molecule has 0 saturated heterocycles. The summed E-state index contributed by atoms with van der Waals surface area (Å²) in [5, 5.41) is 11.6. The van der Waals surface area contributed by atoms with Crippen molar-refractivity contribution in [2.24, 2.45) is 0 Å². The Bertz CT molecular complexity index is 591. The number of nitrogens with two attached hydrogens (primary N) is 1. The maximum Gasteiger partial charge on any atom is 0.223 e. The van der Waals surface area contributed by atoms with Gasteiger partial charge in [-0.15, -0.1) is 10.2 Å². The van der Waals surface area contributed by atoms with E-state index in [-0.39, 0.29) is 5.91 Å². The molecule has 1 heterocycles. The molecule has 0 saturated carbocycles. The van der Waals surface area contributed by atoms with Gasteiger partial charge in [0.1, 0.15) is 5.01 Å². The van der Waals surface area contributed by atoms with E-state index in [1.807, 2.05) is 36.4 Å². The van der Waals surface area contributed by atoms with Gasteiger partial charge in [0.25, 0.3) is 0 Å². The number of rotatable bonds is 3. The second-order valence-electron chi connectivity index (χ2n) is 3.63. The molecule has 0 unspecified atom stereocenters. The van der Waals surface area contributed by atoms with Crippen LogP contribution in [0.15, 0.2) is 24.3 Å². The molecule has 0 aliphatic carbocycles. The molecule has 0 atom stereocenters. The third-order valence-electron chi connectivity index (χ3n) is 2.05. The first-order valence-electron chi connectivity index (χ1n) is 5.28. The van der Waals surface area contributed by atoms with Gasteiger partial charge in [-0.25, -0.2) is 0 Å². The van der Waals surface area contributed by atoms with Crippen LogP contribution in [0.25, 0.3) is 12.2 Å². The van der Waals surface area contributed by atoms with E-state index in [1.165, 1.54) is 18.3 Å². The van der Waals surface area contributed by atoms with Crippen molar-refractivity contribution in [1.29, 1.82) is 0 Å². The van der Waals surface area contributed by atoms with E-state index in [2.05, 4.69) is 15.5 Å². The van der Waals surface area contributed by atoms with E-state index in [9.17, 15) is 4.79 Å². The van der Waals surface area contributed by atoms with Crippen LogP contribution < -0.4 is 11.1 Å². The van der Waals surface area contributed by atoms with Crippen molar-refractivity contribution in [2.45, 2.75) is 6.92 Å². The summed E-state index contributed by atoms with van der Waals surface area (Å²) in [7, 11) is 0. The van der Waals surface area contributed by atoms with Crippen molar-refractivity contribution in [3.8, 4) is 0 Å². The molecule has 1 aromatic heterocycles. The number of nitrogens with zero attached hydrogens (tertiary/aromatic N) is 2. The van der Waals surface area contributed by atoms with E-state index >= 15 is 0 Å². The van der Waals surface area contributed by atoms with Gasteiger partial charge in [0.05, 0.1) is 0 Å². The highest BCUT2D eigenvalue weighted by Crippen LogP contribution is 2.18. The van der Waals surface area contributed by atoms with E-state index in [4.69, 9.17) is 5.73 Å². The minimum atomic E-state index is -0.155. The molecule has 1 aromatic carbocycles. The number of carbonyl (C=O) groups excluding carboxylic acids is 1. The van der Waals surface area contributed by atoms with Crippen LogP contribution in [0.4, 0.5) is 10.8 Å². The molecule has 3 N–H and O–H groups in total. The van der Waals surface area contributed by atoms with E-state index in [0.717, 1.165) is 10.6 Å². The minimum absolute atomic E-state index is 0.155. The summed E-state index contributed by atoms with van der Waals surface area (Å²) in [6, 6.07) is 7.53. The summed E-state index contributed by atoms with van der Waals surface area (Å²) >= 11 is 1.31. The molecule has 92 valence electrons. The molecule has 5 nitrogen and oxygen atoms in total. The van der Waals surface area contributed by atoms with Gasteiger partial charge in [0.2, 0.25) is 11.0 Å². The number of amides is 1. The summed E-state index contributed by atoms with van der Waals surface area (Å²) < 4.78 is 0. The highest BCUT2D eigenvalue weighted by atomic mass is 32.1. The number of carbonyl (C=O) groups is 1. The molecule has 0 spiro atoms. The van der Waals surface area contributed by atoms with Crippen LogP contribution in [-0.4, -0.2) is 16.1 Å². The highest BCUT2D eigenvalue weighted by molar-refractivity contribution is 7.16. The van der Waals surface area contributed by atoms with Crippen LogP contribution in [0.2, 0.25) is 0 Å². The fourth-order valence-electron chi connectivity index (χ4n) is 1.33. The van der Waals surface area contributed by atoms with Crippen molar-refractivity contribution >= 4 is 40.2 Å². The van der Waals surface area contributed by atoms with Crippen LogP contribution in [-0.2, 0) is 4.79 Å². The molecule has 18 heavy (non-hydrogen) atoms. The van der Waals surface area contributed by atoms with Gasteiger partial charge >= 0.3 is 0 Å². The summed E-state index contributed by atoms with van der Waals surface area (Å²) in [5.74, 6) is -0.155. The molecule has 2 rings (SSSR count). The third-order valence-corrected chi connectivity index (χ3v) is 2.86. The number of nitrogens with one attached hydrogen (secondary N) is 1. The number of hydrogen-bond donors (Lipinski definition) is 2. The van der Waals surface area contributed by atoms with E-state index in [0.29, 0.717) is 10.8 Å². The molecule has 0 aliphatic rings. The lowest BCUT2D eigenvalue weighted by Gasteiger charge is -1.94. The molecular weight excluding hydrogens is 248 g/mol. The molecule has 0 fully saturated rings. The first kappa shape index (κ1) is 12.3. The summed E-state index contributed by atoms with van der Waals surface area (Å²) in [5.41, 5.74) is 7.39. The normalized spacial score (nSPS) is 10.7. The molecule has 0 aliphatic heterocycles. The molecule has 6 heteroatoms. The number of aromatic nitrogens is 2. The van der Waals surface area contributed by atoms with Gasteiger partial charge in [0, 0.05) is 12.6 Å². The van der Waals surface area contributed by atoms with Gasteiger partial charge in [-0.1, -0.05) is 29.5 Å². The van der Waals surface area contributed by atoms with Crippen molar-refractivity contribution in [1.82, 2.24) is 10.2 Å². The minimum Gasteiger partial charge on any atom is -0.399 e. The fraction of sp³-hybridized carbons (Fsp3) is 0.0833. The summed E-state index contributed by atoms with van der Waals surface area (Å²) in [6.45, 7) is 1.43. The van der Waals surface area contributed by atoms with E-state index in [1.54, 1.807) is 0 Å². The highest BCUT2D eigenvalue weighted by Gasteiger charge is 2.02. The average Bonchev–Trinajstić information content (AvgIpc) is 2.73. The predicted octanol–water partition coefficient (Wildman–Crippen LogP) is 2.25. The second kappa shape index (κ2) is 5.42. The number of hydrogen-bond acceptors (Lipinski definition) is 5. The first-order chi connectivity index (χ1) is 8.63. The maximum absolute atomic E-state index is 10.8. The van der Waals surface area contributed by atoms with Crippen LogP contribution in [0.5, 0.6) is 0 Å². The Kier molecular flexibility index (Phi) is 3.69. The van der Waals surface area contributed by atoms with Crippen molar-refractivity contribution in [2.75, 3.05) is 11.1 Å². The van der Waals surface area contributed by atoms with Gasteiger partial charge in [0.15, 0.2) is 0 Å². The van der Waals surface area contributed by atoms with Crippen LogP contribution >= 0.6 is 11.3 Å². The Hall–Kier alpha value is -2.21. The number of nitrogen functional groups attached to an aromatic ring is 1. The van der Waals surface area contributed by atoms with Gasteiger partial charge in [-0.3, -0.25) is 4.79 Å². The Morgan fingerprint density at radius 3 is 2.94 bits per heavy atom. The fourth-order valence-corrected chi connectivity index (χ4v) is 2.03. The number of anilines is 2. The average molecular weight is 260 g/mol. The largest absolute Gasteiger partial charge is 0.399 e. The molecule has 1 amide bonds. The van der Waals surface area contributed by atoms with Crippen molar-refractivity contribution in [3.05, 3.63) is 34.8 Å². The second-order valence-corrected chi connectivity index (χ2v) is 4.64. The lowest BCUT2D eigenvalue weighted by Crippen LogP contribution is -2.04. The smallest absolute Gasteiger partial charge is 0.223 e. The lowest BCUT2D eigenvalue weighted by molar-refractivity contribution is -0.114. The quantitative estimate of drug-likeness (QED) is 0.829. The first-order valence-corrected chi connectivity index (χ1v) is 6.10. The van der Waals surface area contributed by atoms with Crippen LogP contribution in [0.1, 0.15) is 17.5 Å². The standard InChI is InChI=1S/C12H12N4OS/c1-8(17)14-12-16-15-11(18-12)6-5-9-3-2-4-10(13)7-9/h2-7H,13H2,1H3,(H,14,16,17)/b6-5+. The van der Waals surface area contributed by atoms with E-state index < -0.39 is 0 Å².